The largest absolute Gasteiger partial charge is 0.445 e. The standard InChI is InChI=1S/C17H19N5O3S2/c1-2-12-7-19-13(25-12)9-26-14-8-20-17(27-14)22-16(24)21-11-5-3-4-10(6-11)15(18)23/h3-8,15,23H,2,9,18H2,1H3,(H2,20,21,22,24). The molecular weight excluding hydrogens is 386 g/mol. The number of carbonyl (C=O) groups excluding carboxylic acids is 1. The van der Waals surface area contributed by atoms with Crippen molar-refractivity contribution in [3.63, 3.8) is 0 Å². The molecule has 1 atom stereocenters. The molecule has 0 fully saturated rings. The molecule has 5 N–H and O–H groups in total. The molecule has 3 aromatic rings. The second kappa shape index (κ2) is 9.00. The van der Waals surface area contributed by atoms with Crippen molar-refractivity contribution in [3.8, 4) is 0 Å². The Morgan fingerprint density at radius 3 is 2.96 bits per heavy atom. The smallest absolute Gasteiger partial charge is 0.325 e. The molecule has 0 aliphatic rings. The summed E-state index contributed by atoms with van der Waals surface area (Å²) in [5.74, 6) is 2.13. The summed E-state index contributed by atoms with van der Waals surface area (Å²) in [6.07, 6.45) is 3.15. The number of hydrogen-bond donors (Lipinski definition) is 4. The van der Waals surface area contributed by atoms with Crippen LogP contribution in [-0.4, -0.2) is 21.1 Å². The highest BCUT2D eigenvalue weighted by Crippen LogP contribution is 2.30. The number of rotatable bonds is 7. The number of aryl methyl sites for hydroxylation is 1. The normalized spacial score (nSPS) is 12.0. The second-order valence-electron chi connectivity index (χ2n) is 5.50. The number of oxazole rings is 1. The predicted octanol–water partition coefficient (Wildman–Crippen LogP) is 3.58. The van der Waals surface area contributed by atoms with Gasteiger partial charge in [0.15, 0.2) is 5.13 Å². The van der Waals surface area contributed by atoms with Crippen LogP contribution in [0.2, 0.25) is 0 Å². The number of aromatic nitrogens is 2. The fourth-order valence-electron chi connectivity index (χ4n) is 2.15. The molecule has 3 rings (SSSR count). The number of amides is 2. The summed E-state index contributed by atoms with van der Waals surface area (Å²) < 4.78 is 6.50. The van der Waals surface area contributed by atoms with Crippen LogP contribution < -0.4 is 16.4 Å². The first-order valence-electron chi connectivity index (χ1n) is 8.17. The highest BCUT2D eigenvalue weighted by Gasteiger charge is 2.10. The molecular formula is C17H19N5O3S2. The molecule has 2 amide bonds. The van der Waals surface area contributed by atoms with Crippen molar-refractivity contribution in [2.45, 2.75) is 29.5 Å². The summed E-state index contributed by atoms with van der Waals surface area (Å²) in [4.78, 5) is 20.5. The van der Waals surface area contributed by atoms with Gasteiger partial charge in [0.05, 0.1) is 22.4 Å². The number of hydrogen-bond acceptors (Lipinski definition) is 8. The Bertz CT molecular complexity index is 909. The van der Waals surface area contributed by atoms with Crippen LogP contribution in [0.5, 0.6) is 0 Å². The van der Waals surface area contributed by atoms with E-state index < -0.39 is 12.3 Å². The number of anilines is 2. The third kappa shape index (κ3) is 5.54. The third-order valence-electron chi connectivity index (χ3n) is 3.48. The van der Waals surface area contributed by atoms with Gasteiger partial charge in [-0.25, -0.2) is 14.8 Å². The SMILES string of the molecule is CCc1cnc(CSc2cnc(NC(=O)Nc3cccc(C(N)O)c3)s2)o1. The van der Waals surface area contributed by atoms with Crippen LogP contribution in [0.3, 0.4) is 0 Å². The van der Waals surface area contributed by atoms with Gasteiger partial charge in [0.2, 0.25) is 5.89 Å². The maximum absolute atomic E-state index is 12.1. The highest BCUT2D eigenvalue weighted by molar-refractivity contribution is 8.00. The van der Waals surface area contributed by atoms with Gasteiger partial charge in [-0.05, 0) is 17.7 Å². The van der Waals surface area contributed by atoms with Crippen molar-refractivity contribution in [2.75, 3.05) is 10.6 Å². The van der Waals surface area contributed by atoms with Gasteiger partial charge in [-0.1, -0.05) is 30.4 Å². The first-order valence-corrected chi connectivity index (χ1v) is 9.97. The van der Waals surface area contributed by atoms with Gasteiger partial charge >= 0.3 is 6.03 Å². The van der Waals surface area contributed by atoms with E-state index in [9.17, 15) is 9.90 Å². The first-order chi connectivity index (χ1) is 13.0. The Morgan fingerprint density at radius 2 is 2.22 bits per heavy atom. The second-order valence-corrected chi connectivity index (χ2v) is 7.80. The van der Waals surface area contributed by atoms with Gasteiger partial charge in [-0.15, -0.1) is 11.8 Å². The number of thiazole rings is 1. The van der Waals surface area contributed by atoms with Crippen molar-refractivity contribution in [3.05, 3.63) is 53.9 Å². The van der Waals surface area contributed by atoms with Crippen LogP contribution in [0, 0.1) is 0 Å². The topological polar surface area (TPSA) is 126 Å². The number of nitrogens with zero attached hydrogens (tertiary/aromatic N) is 2. The molecule has 10 heteroatoms. The van der Waals surface area contributed by atoms with Crippen molar-refractivity contribution in [1.29, 1.82) is 0 Å². The zero-order valence-electron chi connectivity index (χ0n) is 14.5. The average Bonchev–Trinajstić information content (AvgIpc) is 3.29. The number of nitrogens with two attached hydrogens (primary N) is 1. The molecule has 2 heterocycles. The minimum atomic E-state index is -1.09. The van der Waals surface area contributed by atoms with Gasteiger partial charge in [0.1, 0.15) is 12.0 Å². The quantitative estimate of drug-likeness (QED) is 0.349. The summed E-state index contributed by atoms with van der Waals surface area (Å²) in [6.45, 7) is 2.01. The number of benzene rings is 1. The molecule has 0 saturated heterocycles. The molecule has 0 saturated carbocycles. The fraction of sp³-hybridized carbons (Fsp3) is 0.235. The van der Waals surface area contributed by atoms with Crippen LogP contribution in [-0.2, 0) is 12.2 Å². The molecule has 2 aromatic heterocycles. The van der Waals surface area contributed by atoms with E-state index >= 15 is 0 Å². The number of nitrogens with one attached hydrogen (secondary N) is 2. The number of thioether (sulfide) groups is 1. The Morgan fingerprint density at radius 1 is 1.37 bits per heavy atom. The van der Waals surface area contributed by atoms with Crippen LogP contribution in [0.15, 0.2) is 45.3 Å². The Balaban J connectivity index is 1.52. The molecule has 0 bridgehead atoms. The number of aliphatic hydroxyl groups is 1. The molecule has 1 unspecified atom stereocenters. The highest BCUT2D eigenvalue weighted by atomic mass is 32.2. The van der Waals surface area contributed by atoms with Crippen molar-refractivity contribution < 1.29 is 14.3 Å². The van der Waals surface area contributed by atoms with Crippen LogP contribution in [0.4, 0.5) is 15.6 Å². The molecule has 0 spiro atoms. The van der Waals surface area contributed by atoms with Gasteiger partial charge in [-0.2, -0.15) is 0 Å². The van der Waals surface area contributed by atoms with E-state index in [-0.39, 0.29) is 0 Å². The molecule has 8 nitrogen and oxygen atoms in total. The van der Waals surface area contributed by atoms with E-state index in [4.69, 9.17) is 10.2 Å². The number of carbonyl (C=O) groups is 1. The van der Waals surface area contributed by atoms with E-state index in [1.165, 1.54) is 11.3 Å². The summed E-state index contributed by atoms with van der Waals surface area (Å²) in [7, 11) is 0. The molecule has 0 radical (unpaired) electrons. The molecule has 0 aliphatic carbocycles. The van der Waals surface area contributed by atoms with Crippen molar-refractivity contribution >= 4 is 39.9 Å². The lowest BCUT2D eigenvalue weighted by Gasteiger charge is -2.09. The summed E-state index contributed by atoms with van der Waals surface area (Å²) in [6, 6.07) is 6.26. The lowest BCUT2D eigenvalue weighted by Crippen LogP contribution is -2.19. The predicted molar refractivity (Wildman–Crippen MR) is 106 cm³/mol. The van der Waals surface area contributed by atoms with Gasteiger partial charge in [0, 0.05) is 12.1 Å². The fourth-order valence-corrected chi connectivity index (χ4v) is 3.88. The van der Waals surface area contributed by atoms with E-state index in [2.05, 4.69) is 20.6 Å². The van der Waals surface area contributed by atoms with Crippen LogP contribution >= 0.6 is 23.1 Å². The lowest BCUT2D eigenvalue weighted by atomic mass is 10.2. The van der Waals surface area contributed by atoms with Crippen LogP contribution in [0.25, 0.3) is 0 Å². The Labute approximate surface area is 164 Å². The first kappa shape index (κ1) is 19.4. The minimum absolute atomic E-state index is 0.426. The van der Waals surface area contributed by atoms with E-state index in [0.717, 1.165) is 16.4 Å². The van der Waals surface area contributed by atoms with Crippen molar-refractivity contribution in [2.24, 2.45) is 5.73 Å². The minimum Gasteiger partial charge on any atom is -0.445 e. The summed E-state index contributed by atoms with van der Waals surface area (Å²) >= 11 is 2.90. The molecule has 27 heavy (non-hydrogen) atoms. The maximum atomic E-state index is 12.1. The summed E-state index contributed by atoms with van der Waals surface area (Å²) in [5, 5.41) is 15.2. The summed E-state index contributed by atoms with van der Waals surface area (Å²) in [5.41, 5.74) is 6.46. The third-order valence-corrected chi connectivity index (χ3v) is 5.57. The molecule has 142 valence electrons. The van der Waals surface area contributed by atoms with E-state index in [1.807, 2.05) is 6.92 Å². The average molecular weight is 406 g/mol. The number of urea groups is 1. The monoisotopic (exact) mass is 405 g/mol. The van der Waals surface area contributed by atoms with E-state index in [0.29, 0.717) is 28.0 Å². The van der Waals surface area contributed by atoms with Crippen molar-refractivity contribution in [1.82, 2.24) is 9.97 Å². The molecule has 0 aliphatic heterocycles. The lowest BCUT2D eigenvalue weighted by molar-refractivity contribution is 0.186. The zero-order valence-corrected chi connectivity index (χ0v) is 16.1. The Hall–Kier alpha value is -2.40. The van der Waals surface area contributed by atoms with Gasteiger partial charge < -0.3 is 20.6 Å². The van der Waals surface area contributed by atoms with Gasteiger partial charge in [0.25, 0.3) is 0 Å². The zero-order chi connectivity index (χ0) is 19.2. The number of aliphatic hydroxyl groups excluding tert-OH is 1. The van der Waals surface area contributed by atoms with Crippen LogP contribution in [0.1, 0.15) is 30.4 Å². The maximum Gasteiger partial charge on any atom is 0.325 e. The van der Waals surface area contributed by atoms with E-state index in [1.54, 1.807) is 48.4 Å². The van der Waals surface area contributed by atoms with Gasteiger partial charge in [-0.3, -0.25) is 5.32 Å². The Kier molecular flexibility index (Phi) is 6.45. The molecule has 1 aromatic carbocycles.